The van der Waals surface area contributed by atoms with Crippen LogP contribution in [0, 0.1) is 11.3 Å². The minimum atomic E-state index is -4.68. The Kier molecular flexibility index (Phi) is 2.77. The molecule has 0 spiro atoms. The van der Waals surface area contributed by atoms with E-state index in [1.807, 2.05) is 0 Å². The molecule has 1 N–H and O–H groups in total. The maximum atomic E-state index is 12.1. The molecule has 0 amide bonds. The van der Waals surface area contributed by atoms with E-state index in [-0.39, 0.29) is 0 Å². The molecule has 72 valence electrons. The van der Waals surface area contributed by atoms with Gasteiger partial charge in [0.1, 0.15) is 0 Å². The minimum absolute atomic E-state index is 1.25. The molecule has 0 fully saturated rings. The molecule has 0 aliphatic rings. The summed E-state index contributed by atoms with van der Waals surface area (Å²) in [5.74, 6) is -4.13. The fourth-order valence-corrected chi connectivity index (χ4v) is 1.00. The van der Waals surface area contributed by atoms with Crippen molar-refractivity contribution in [2.24, 2.45) is 11.3 Å². The standard InChI is InChI=1S/C7H11F3O2/c1-6(2,3)4(5(11)12)7(8,9)10/h4H,1-3H3,(H,11,12). The van der Waals surface area contributed by atoms with Crippen molar-refractivity contribution in [3.05, 3.63) is 0 Å². The molecule has 0 aromatic heterocycles. The van der Waals surface area contributed by atoms with Crippen LogP contribution in [0.4, 0.5) is 13.2 Å². The Hall–Kier alpha value is -0.740. The van der Waals surface area contributed by atoms with E-state index in [0.717, 1.165) is 0 Å². The first-order chi connectivity index (χ1) is 5.07. The Labute approximate surface area is 68.4 Å². The maximum absolute atomic E-state index is 12.1. The zero-order valence-corrected chi connectivity index (χ0v) is 7.07. The second kappa shape index (κ2) is 2.95. The van der Waals surface area contributed by atoms with Crippen molar-refractivity contribution in [1.82, 2.24) is 0 Å². The van der Waals surface area contributed by atoms with Crippen molar-refractivity contribution in [3.63, 3.8) is 0 Å². The highest BCUT2D eigenvalue weighted by Crippen LogP contribution is 2.39. The largest absolute Gasteiger partial charge is 0.481 e. The van der Waals surface area contributed by atoms with E-state index in [9.17, 15) is 18.0 Å². The average Bonchev–Trinajstić information content (AvgIpc) is 1.49. The summed E-state index contributed by atoms with van der Waals surface area (Å²) in [4.78, 5) is 10.3. The van der Waals surface area contributed by atoms with Crippen LogP contribution in [0.2, 0.25) is 0 Å². The molecule has 0 saturated heterocycles. The highest BCUT2D eigenvalue weighted by Gasteiger charge is 2.51. The molecular weight excluding hydrogens is 173 g/mol. The lowest BCUT2D eigenvalue weighted by molar-refractivity contribution is -0.212. The number of halogens is 3. The number of aliphatic carboxylic acids is 1. The molecule has 0 bridgehead atoms. The number of carboxylic acids is 1. The van der Waals surface area contributed by atoms with Crippen molar-refractivity contribution in [1.29, 1.82) is 0 Å². The normalized spacial score (nSPS) is 15.8. The first-order valence-corrected chi connectivity index (χ1v) is 3.36. The van der Waals surface area contributed by atoms with Crippen molar-refractivity contribution < 1.29 is 23.1 Å². The van der Waals surface area contributed by atoms with Gasteiger partial charge in [-0.3, -0.25) is 4.79 Å². The van der Waals surface area contributed by atoms with Crippen LogP contribution < -0.4 is 0 Å². The first kappa shape index (κ1) is 11.3. The van der Waals surface area contributed by atoms with Crippen LogP contribution in [0.5, 0.6) is 0 Å². The predicted octanol–water partition coefficient (Wildman–Crippen LogP) is 2.30. The topological polar surface area (TPSA) is 37.3 Å². The lowest BCUT2D eigenvalue weighted by Crippen LogP contribution is -2.40. The summed E-state index contributed by atoms with van der Waals surface area (Å²) in [6.07, 6.45) is -4.68. The van der Waals surface area contributed by atoms with E-state index in [4.69, 9.17) is 5.11 Å². The molecule has 0 saturated carbocycles. The van der Waals surface area contributed by atoms with E-state index in [1.165, 1.54) is 20.8 Å². The lowest BCUT2D eigenvalue weighted by Gasteiger charge is -2.28. The third kappa shape index (κ3) is 2.71. The number of rotatable bonds is 1. The Morgan fingerprint density at radius 1 is 1.25 bits per heavy atom. The summed E-state index contributed by atoms with van der Waals surface area (Å²) in [7, 11) is 0. The Bertz CT molecular complexity index is 164. The summed E-state index contributed by atoms with van der Waals surface area (Å²) in [6, 6.07) is 0. The molecule has 0 aliphatic heterocycles. The minimum Gasteiger partial charge on any atom is -0.481 e. The lowest BCUT2D eigenvalue weighted by atomic mass is 9.80. The van der Waals surface area contributed by atoms with Crippen molar-refractivity contribution in [3.8, 4) is 0 Å². The average molecular weight is 184 g/mol. The smallest absolute Gasteiger partial charge is 0.402 e. The van der Waals surface area contributed by atoms with Gasteiger partial charge in [-0.1, -0.05) is 20.8 Å². The van der Waals surface area contributed by atoms with Gasteiger partial charge in [0.05, 0.1) is 0 Å². The molecule has 5 heteroatoms. The monoisotopic (exact) mass is 184 g/mol. The molecule has 0 aliphatic carbocycles. The van der Waals surface area contributed by atoms with Crippen LogP contribution in [-0.2, 0) is 4.79 Å². The number of hydrogen-bond donors (Lipinski definition) is 1. The van der Waals surface area contributed by atoms with Crippen LogP contribution in [0.3, 0.4) is 0 Å². The molecule has 0 radical (unpaired) electrons. The molecule has 2 nitrogen and oxygen atoms in total. The zero-order chi connectivity index (χ0) is 10.2. The molecule has 12 heavy (non-hydrogen) atoms. The third-order valence-corrected chi connectivity index (χ3v) is 1.44. The van der Waals surface area contributed by atoms with E-state index < -0.39 is 23.5 Å². The van der Waals surface area contributed by atoms with Crippen LogP contribution >= 0.6 is 0 Å². The van der Waals surface area contributed by atoms with Gasteiger partial charge in [0.25, 0.3) is 0 Å². The van der Waals surface area contributed by atoms with Crippen molar-refractivity contribution in [2.75, 3.05) is 0 Å². The van der Waals surface area contributed by atoms with Gasteiger partial charge in [0.15, 0.2) is 5.92 Å². The quantitative estimate of drug-likeness (QED) is 0.678. The molecule has 0 aromatic carbocycles. The van der Waals surface area contributed by atoms with Gasteiger partial charge in [-0.25, -0.2) is 0 Å². The van der Waals surface area contributed by atoms with E-state index in [1.54, 1.807) is 0 Å². The number of hydrogen-bond acceptors (Lipinski definition) is 1. The fourth-order valence-electron chi connectivity index (χ4n) is 1.00. The summed E-state index contributed by atoms with van der Waals surface area (Å²) in [5.41, 5.74) is -1.30. The summed E-state index contributed by atoms with van der Waals surface area (Å²) >= 11 is 0. The predicted molar refractivity (Wildman–Crippen MR) is 36.6 cm³/mol. The van der Waals surface area contributed by atoms with Crippen molar-refractivity contribution >= 4 is 5.97 Å². The summed E-state index contributed by atoms with van der Waals surface area (Å²) < 4.78 is 36.3. The summed E-state index contributed by atoms with van der Waals surface area (Å²) in [6.45, 7) is 3.75. The van der Waals surface area contributed by atoms with E-state index in [2.05, 4.69) is 0 Å². The third-order valence-electron chi connectivity index (χ3n) is 1.44. The highest BCUT2D eigenvalue weighted by atomic mass is 19.4. The van der Waals surface area contributed by atoms with Crippen LogP contribution in [0.15, 0.2) is 0 Å². The Balaban J connectivity index is 4.82. The van der Waals surface area contributed by atoms with Gasteiger partial charge in [0.2, 0.25) is 0 Å². The van der Waals surface area contributed by atoms with Gasteiger partial charge < -0.3 is 5.11 Å². The molecule has 1 unspecified atom stereocenters. The van der Waals surface area contributed by atoms with Gasteiger partial charge in [0, 0.05) is 0 Å². The maximum Gasteiger partial charge on any atom is 0.402 e. The molecule has 0 aromatic rings. The van der Waals surface area contributed by atoms with Gasteiger partial charge >= 0.3 is 12.1 Å². The fraction of sp³-hybridized carbons (Fsp3) is 0.857. The van der Waals surface area contributed by atoms with Crippen LogP contribution in [-0.4, -0.2) is 17.3 Å². The van der Waals surface area contributed by atoms with Crippen LogP contribution in [0.1, 0.15) is 20.8 Å². The number of alkyl halides is 3. The van der Waals surface area contributed by atoms with E-state index in [0.29, 0.717) is 0 Å². The Morgan fingerprint density at radius 3 is 1.58 bits per heavy atom. The van der Waals surface area contributed by atoms with Gasteiger partial charge in [-0.15, -0.1) is 0 Å². The molecule has 0 heterocycles. The number of carboxylic acid groups (broad SMARTS) is 1. The molecule has 0 rings (SSSR count). The molecular formula is C7H11F3O2. The second-order valence-corrected chi connectivity index (χ2v) is 3.68. The Morgan fingerprint density at radius 2 is 1.58 bits per heavy atom. The van der Waals surface area contributed by atoms with Crippen LogP contribution in [0.25, 0.3) is 0 Å². The van der Waals surface area contributed by atoms with Gasteiger partial charge in [-0.2, -0.15) is 13.2 Å². The van der Waals surface area contributed by atoms with Crippen molar-refractivity contribution in [2.45, 2.75) is 26.9 Å². The number of carbonyl (C=O) groups is 1. The summed E-state index contributed by atoms with van der Waals surface area (Å²) in [5, 5.41) is 8.32. The molecule has 1 atom stereocenters. The van der Waals surface area contributed by atoms with Gasteiger partial charge in [-0.05, 0) is 5.41 Å². The first-order valence-electron chi connectivity index (χ1n) is 3.36. The zero-order valence-electron chi connectivity index (χ0n) is 7.07. The second-order valence-electron chi connectivity index (χ2n) is 3.68. The highest BCUT2D eigenvalue weighted by molar-refractivity contribution is 5.71. The van der Waals surface area contributed by atoms with E-state index >= 15 is 0 Å². The SMILES string of the molecule is CC(C)(C)C(C(=O)O)C(F)(F)F.